The molecule has 1 heterocycles. The average Bonchev–Trinajstić information content (AvgIpc) is 3.26. The summed E-state index contributed by atoms with van der Waals surface area (Å²) < 4.78 is 0. The third kappa shape index (κ3) is 4.87. The van der Waals surface area contributed by atoms with Crippen molar-refractivity contribution in [3.8, 4) is 0 Å². The number of carbonyl (C=O) groups is 2. The SMILES string of the molecule is CC(Sc1cccc(NC(=O)c2ccc3ccccc3c2)c1)C(=O)Nc1nccs1. The fourth-order valence-electron chi connectivity index (χ4n) is 2.93. The van der Waals surface area contributed by atoms with Gasteiger partial charge < -0.3 is 10.6 Å². The molecule has 0 fully saturated rings. The molecule has 0 aliphatic carbocycles. The lowest BCUT2D eigenvalue weighted by atomic mass is 10.1. The summed E-state index contributed by atoms with van der Waals surface area (Å²) in [5.41, 5.74) is 1.29. The summed E-state index contributed by atoms with van der Waals surface area (Å²) in [7, 11) is 0. The van der Waals surface area contributed by atoms with Crippen molar-refractivity contribution < 1.29 is 9.59 Å². The fraction of sp³-hybridized carbons (Fsp3) is 0.0870. The van der Waals surface area contributed by atoms with Gasteiger partial charge >= 0.3 is 0 Å². The van der Waals surface area contributed by atoms with E-state index in [1.165, 1.54) is 23.1 Å². The van der Waals surface area contributed by atoms with Gasteiger partial charge in [-0.3, -0.25) is 9.59 Å². The number of hydrogen-bond donors (Lipinski definition) is 2. The van der Waals surface area contributed by atoms with Gasteiger partial charge in [0.2, 0.25) is 5.91 Å². The van der Waals surface area contributed by atoms with Crippen LogP contribution in [-0.4, -0.2) is 22.0 Å². The number of nitrogens with one attached hydrogen (secondary N) is 2. The summed E-state index contributed by atoms with van der Waals surface area (Å²) >= 11 is 2.81. The molecule has 0 bridgehead atoms. The molecule has 0 aliphatic rings. The second kappa shape index (κ2) is 9.11. The van der Waals surface area contributed by atoms with Crippen molar-refractivity contribution in [1.29, 1.82) is 0 Å². The molecular weight excluding hydrogens is 414 g/mol. The van der Waals surface area contributed by atoms with Crippen molar-refractivity contribution in [3.63, 3.8) is 0 Å². The minimum absolute atomic E-state index is 0.111. The minimum atomic E-state index is -0.305. The molecule has 1 unspecified atom stereocenters. The molecule has 2 N–H and O–H groups in total. The number of carbonyl (C=O) groups excluding carboxylic acids is 2. The van der Waals surface area contributed by atoms with Crippen LogP contribution in [0.5, 0.6) is 0 Å². The molecule has 7 heteroatoms. The molecule has 150 valence electrons. The molecule has 1 atom stereocenters. The Hall–Kier alpha value is -3.16. The molecule has 5 nitrogen and oxygen atoms in total. The first-order chi connectivity index (χ1) is 14.6. The van der Waals surface area contributed by atoms with Gasteiger partial charge in [-0.2, -0.15) is 0 Å². The zero-order chi connectivity index (χ0) is 20.9. The van der Waals surface area contributed by atoms with Gasteiger partial charge in [0.1, 0.15) is 0 Å². The average molecular weight is 434 g/mol. The third-order valence-electron chi connectivity index (χ3n) is 4.45. The number of nitrogens with zero attached hydrogens (tertiary/aromatic N) is 1. The van der Waals surface area contributed by atoms with Crippen molar-refractivity contribution in [1.82, 2.24) is 4.98 Å². The van der Waals surface area contributed by atoms with Gasteiger partial charge in [0.15, 0.2) is 5.13 Å². The molecule has 0 spiro atoms. The maximum atomic E-state index is 12.7. The first-order valence-corrected chi connectivity index (χ1v) is 11.1. The topological polar surface area (TPSA) is 71.1 Å². The van der Waals surface area contributed by atoms with Gasteiger partial charge in [-0.05, 0) is 48.0 Å². The highest BCUT2D eigenvalue weighted by molar-refractivity contribution is 8.00. The lowest BCUT2D eigenvalue weighted by Crippen LogP contribution is -2.22. The van der Waals surface area contributed by atoms with Gasteiger partial charge in [0, 0.05) is 27.7 Å². The van der Waals surface area contributed by atoms with E-state index >= 15 is 0 Å². The molecule has 1 aromatic heterocycles. The number of rotatable bonds is 6. The van der Waals surface area contributed by atoms with Crippen LogP contribution < -0.4 is 10.6 Å². The standard InChI is InChI=1S/C23H19N3O2S2/c1-15(21(27)26-23-24-11-12-29-23)30-20-8-4-7-19(14-20)25-22(28)18-10-9-16-5-2-3-6-17(16)13-18/h2-15H,1H3,(H,25,28)(H,24,26,27). The molecule has 3 aromatic carbocycles. The predicted molar refractivity (Wildman–Crippen MR) is 124 cm³/mol. The van der Waals surface area contributed by atoms with E-state index in [1.54, 1.807) is 6.20 Å². The minimum Gasteiger partial charge on any atom is -0.322 e. The van der Waals surface area contributed by atoms with E-state index in [0.29, 0.717) is 16.4 Å². The summed E-state index contributed by atoms with van der Waals surface area (Å²) in [6.07, 6.45) is 1.65. The Morgan fingerprint density at radius 1 is 0.967 bits per heavy atom. The maximum absolute atomic E-state index is 12.7. The van der Waals surface area contributed by atoms with Gasteiger partial charge in [-0.1, -0.05) is 36.4 Å². The number of amides is 2. The lowest BCUT2D eigenvalue weighted by Gasteiger charge is -2.12. The second-order valence-electron chi connectivity index (χ2n) is 6.63. The van der Waals surface area contributed by atoms with Crippen molar-refractivity contribution in [3.05, 3.63) is 83.9 Å². The van der Waals surface area contributed by atoms with Crippen LogP contribution in [0.15, 0.2) is 83.2 Å². The van der Waals surface area contributed by atoms with Crippen molar-refractivity contribution in [2.45, 2.75) is 17.1 Å². The van der Waals surface area contributed by atoms with Crippen LogP contribution in [0, 0.1) is 0 Å². The first-order valence-electron chi connectivity index (χ1n) is 9.36. The predicted octanol–water partition coefficient (Wildman–Crippen LogP) is 5.67. The second-order valence-corrected chi connectivity index (χ2v) is 8.94. The molecule has 0 saturated carbocycles. The number of thioether (sulfide) groups is 1. The molecule has 0 radical (unpaired) electrons. The van der Waals surface area contributed by atoms with E-state index in [4.69, 9.17) is 0 Å². The summed E-state index contributed by atoms with van der Waals surface area (Å²) in [6.45, 7) is 1.84. The van der Waals surface area contributed by atoms with Crippen LogP contribution in [-0.2, 0) is 4.79 Å². The summed E-state index contributed by atoms with van der Waals surface area (Å²) in [5, 5.41) is 9.96. The van der Waals surface area contributed by atoms with Gasteiger partial charge in [-0.25, -0.2) is 4.98 Å². The molecule has 0 saturated heterocycles. The Balaban J connectivity index is 1.42. The van der Waals surface area contributed by atoms with Gasteiger partial charge in [-0.15, -0.1) is 23.1 Å². The summed E-state index contributed by atoms with van der Waals surface area (Å²) in [4.78, 5) is 30.0. The Labute approximate surface area is 182 Å². The van der Waals surface area contributed by atoms with E-state index in [-0.39, 0.29) is 17.1 Å². The van der Waals surface area contributed by atoms with E-state index in [9.17, 15) is 9.59 Å². The van der Waals surface area contributed by atoms with Crippen molar-refractivity contribution in [2.75, 3.05) is 10.6 Å². The Morgan fingerprint density at radius 2 is 1.80 bits per heavy atom. The number of thiazole rings is 1. The normalized spacial score (nSPS) is 11.8. The zero-order valence-electron chi connectivity index (χ0n) is 16.2. The Kier molecular flexibility index (Phi) is 6.11. The molecular formula is C23H19N3O2S2. The first kappa shape index (κ1) is 20.1. The number of anilines is 2. The molecule has 2 amide bonds. The summed E-state index contributed by atoms with van der Waals surface area (Å²) in [6, 6.07) is 21.1. The van der Waals surface area contributed by atoms with Crippen LogP contribution in [0.25, 0.3) is 10.8 Å². The number of aromatic nitrogens is 1. The quantitative estimate of drug-likeness (QED) is 0.385. The largest absolute Gasteiger partial charge is 0.322 e. The zero-order valence-corrected chi connectivity index (χ0v) is 17.8. The number of hydrogen-bond acceptors (Lipinski definition) is 5. The van der Waals surface area contributed by atoms with Gasteiger partial charge in [0.05, 0.1) is 5.25 Å². The monoisotopic (exact) mass is 433 g/mol. The highest BCUT2D eigenvalue weighted by Crippen LogP contribution is 2.27. The van der Waals surface area contributed by atoms with Crippen LogP contribution in [0.1, 0.15) is 17.3 Å². The van der Waals surface area contributed by atoms with E-state index in [0.717, 1.165) is 15.7 Å². The number of benzene rings is 3. The van der Waals surface area contributed by atoms with E-state index in [2.05, 4.69) is 15.6 Å². The highest BCUT2D eigenvalue weighted by atomic mass is 32.2. The fourth-order valence-corrected chi connectivity index (χ4v) is 4.39. The maximum Gasteiger partial charge on any atom is 0.255 e. The van der Waals surface area contributed by atoms with E-state index < -0.39 is 0 Å². The van der Waals surface area contributed by atoms with E-state index in [1.807, 2.05) is 79.0 Å². The van der Waals surface area contributed by atoms with Crippen LogP contribution in [0.2, 0.25) is 0 Å². The Bertz CT molecular complexity index is 1190. The lowest BCUT2D eigenvalue weighted by molar-refractivity contribution is -0.115. The Morgan fingerprint density at radius 3 is 2.60 bits per heavy atom. The van der Waals surface area contributed by atoms with Gasteiger partial charge in [0.25, 0.3) is 5.91 Å². The molecule has 0 aliphatic heterocycles. The van der Waals surface area contributed by atoms with Crippen LogP contribution in [0.4, 0.5) is 10.8 Å². The van der Waals surface area contributed by atoms with Crippen LogP contribution in [0.3, 0.4) is 0 Å². The third-order valence-corrected chi connectivity index (χ3v) is 6.23. The number of fused-ring (bicyclic) bond motifs is 1. The van der Waals surface area contributed by atoms with Crippen molar-refractivity contribution in [2.24, 2.45) is 0 Å². The molecule has 4 aromatic rings. The molecule has 4 rings (SSSR count). The van der Waals surface area contributed by atoms with Crippen LogP contribution >= 0.6 is 23.1 Å². The molecule has 30 heavy (non-hydrogen) atoms. The smallest absolute Gasteiger partial charge is 0.255 e. The van der Waals surface area contributed by atoms with Crippen molar-refractivity contribution >= 4 is 56.5 Å². The summed E-state index contributed by atoms with van der Waals surface area (Å²) in [5.74, 6) is -0.280. The highest BCUT2D eigenvalue weighted by Gasteiger charge is 2.16.